The molecule has 1 aliphatic carbocycles. The van der Waals surface area contributed by atoms with Gasteiger partial charge in [-0.3, -0.25) is 4.79 Å². The molecule has 0 saturated heterocycles. The van der Waals surface area contributed by atoms with Gasteiger partial charge in [0.15, 0.2) is 0 Å². The minimum absolute atomic E-state index is 0.173. The highest BCUT2D eigenvalue weighted by Gasteiger charge is 2.33. The zero-order valence-corrected chi connectivity index (χ0v) is 9.17. The largest absolute Gasteiger partial charge is 0.390 e. The molecule has 1 aromatic rings. The minimum Gasteiger partial charge on any atom is -0.390 e. The third-order valence-electron chi connectivity index (χ3n) is 2.73. The van der Waals surface area contributed by atoms with Crippen LogP contribution >= 0.6 is 11.6 Å². The molecule has 2 rings (SSSR count). The van der Waals surface area contributed by atoms with Gasteiger partial charge in [0.25, 0.3) is 0 Å². The van der Waals surface area contributed by atoms with E-state index < -0.39 is 12.1 Å². The number of amides is 1. The first-order valence-electron chi connectivity index (χ1n) is 4.94. The topological polar surface area (TPSA) is 49.3 Å². The van der Waals surface area contributed by atoms with Crippen LogP contribution in [0, 0.1) is 5.82 Å². The Morgan fingerprint density at radius 2 is 2.38 bits per heavy atom. The zero-order valence-electron chi connectivity index (χ0n) is 8.41. The molecule has 86 valence electrons. The van der Waals surface area contributed by atoms with E-state index in [0.29, 0.717) is 11.1 Å². The molecule has 0 aliphatic heterocycles. The number of alkyl halides is 1. The van der Waals surface area contributed by atoms with E-state index in [1.807, 2.05) is 0 Å². The molecule has 0 spiro atoms. The molecule has 1 aliphatic rings. The summed E-state index contributed by atoms with van der Waals surface area (Å²) in [4.78, 5) is 11.2. The summed E-state index contributed by atoms with van der Waals surface area (Å²) in [6, 6.07) is 4.05. The lowest BCUT2D eigenvalue weighted by atomic mass is 10.1. The van der Waals surface area contributed by atoms with Crippen LogP contribution < -0.4 is 5.32 Å². The fourth-order valence-electron chi connectivity index (χ4n) is 2.00. The Labute approximate surface area is 97.2 Å². The fraction of sp³-hybridized carbons (Fsp3) is 0.364. The number of halogens is 2. The van der Waals surface area contributed by atoms with Gasteiger partial charge in [-0.15, -0.1) is 11.6 Å². The van der Waals surface area contributed by atoms with E-state index in [1.54, 1.807) is 12.1 Å². The van der Waals surface area contributed by atoms with Gasteiger partial charge in [-0.25, -0.2) is 4.39 Å². The smallest absolute Gasteiger partial charge is 0.235 e. The second-order valence-electron chi connectivity index (χ2n) is 3.76. The van der Waals surface area contributed by atoms with Gasteiger partial charge in [-0.2, -0.15) is 0 Å². The van der Waals surface area contributed by atoms with Crippen LogP contribution in [0.4, 0.5) is 4.39 Å². The lowest BCUT2D eigenvalue weighted by Gasteiger charge is -2.16. The van der Waals surface area contributed by atoms with E-state index in [4.69, 9.17) is 11.6 Å². The van der Waals surface area contributed by atoms with Crippen molar-refractivity contribution in [1.29, 1.82) is 0 Å². The number of aliphatic hydroxyl groups excluding tert-OH is 1. The van der Waals surface area contributed by atoms with Crippen LogP contribution in [0.25, 0.3) is 0 Å². The number of carbonyl (C=O) groups is 1. The fourth-order valence-corrected chi connectivity index (χ4v) is 2.08. The first kappa shape index (κ1) is 11.4. The van der Waals surface area contributed by atoms with Gasteiger partial charge in [0.2, 0.25) is 5.91 Å². The minimum atomic E-state index is -0.793. The Morgan fingerprint density at radius 3 is 3.06 bits per heavy atom. The molecule has 3 nitrogen and oxygen atoms in total. The number of aliphatic hydroxyl groups is 1. The van der Waals surface area contributed by atoms with Gasteiger partial charge in [-0.1, -0.05) is 12.1 Å². The average Bonchev–Trinajstić information content (AvgIpc) is 2.58. The summed E-state index contributed by atoms with van der Waals surface area (Å²) < 4.78 is 13.4. The monoisotopic (exact) mass is 243 g/mol. The molecule has 16 heavy (non-hydrogen) atoms. The van der Waals surface area contributed by atoms with Gasteiger partial charge in [0, 0.05) is 6.42 Å². The van der Waals surface area contributed by atoms with Crippen molar-refractivity contribution in [3.05, 3.63) is 35.1 Å². The third-order valence-corrected chi connectivity index (χ3v) is 2.97. The van der Waals surface area contributed by atoms with Gasteiger partial charge in [0.05, 0.1) is 12.1 Å². The highest BCUT2D eigenvalue weighted by molar-refractivity contribution is 6.27. The summed E-state index contributed by atoms with van der Waals surface area (Å²) in [5.41, 5.74) is 1.10. The highest BCUT2D eigenvalue weighted by Crippen LogP contribution is 2.32. The molecule has 0 radical (unpaired) electrons. The number of benzene rings is 1. The van der Waals surface area contributed by atoms with Crippen LogP contribution in [0.1, 0.15) is 17.2 Å². The van der Waals surface area contributed by atoms with Crippen molar-refractivity contribution >= 4 is 17.5 Å². The second kappa shape index (κ2) is 4.39. The zero-order chi connectivity index (χ0) is 11.7. The highest BCUT2D eigenvalue weighted by atomic mass is 35.5. The van der Waals surface area contributed by atoms with Crippen LogP contribution in [0.2, 0.25) is 0 Å². The van der Waals surface area contributed by atoms with Crippen molar-refractivity contribution < 1.29 is 14.3 Å². The lowest BCUT2D eigenvalue weighted by molar-refractivity contribution is -0.120. The maximum absolute atomic E-state index is 13.4. The summed E-state index contributed by atoms with van der Waals surface area (Å²) in [7, 11) is 0. The van der Waals surface area contributed by atoms with Gasteiger partial charge >= 0.3 is 0 Å². The van der Waals surface area contributed by atoms with Crippen LogP contribution in [-0.4, -0.2) is 23.0 Å². The van der Waals surface area contributed by atoms with Gasteiger partial charge in [-0.05, 0) is 17.2 Å². The molecule has 0 aromatic heterocycles. The predicted octanol–water partition coefficient (Wildman–Crippen LogP) is 1.14. The average molecular weight is 244 g/mol. The second-order valence-corrected chi connectivity index (χ2v) is 4.03. The molecule has 0 saturated carbocycles. The number of hydrogen-bond donors (Lipinski definition) is 2. The van der Waals surface area contributed by atoms with E-state index in [2.05, 4.69) is 5.32 Å². The summed E-state index contributed by atoms with van der Waals surface area (Å²) >= 11 is 5.37. The Bertz CT molecular complexity index is 424. The SMILES string of the molecule is O=C(CCl)N[C@H]1c2cccc(F)c2C[C@@H]1O. The summed E-state index contributed by atoms with van der Waals surface area (Å²) in [6.45, 7) is 0. The number of hydrogen-bond acceptors (Lipinski definition) is 2. The molecular formula is C11H11ClFNO2. The molecule has 5 heteroatoms. The van der Waals surface area contributed by atoms with Crippen LogP contribution in [0.3, 0.4) is 0 Å². The first-order chi connectivity index (χ1) is 7.63. The van der Waals surface area contributed by atoms with Crippen LogP contribution in [0.15, 0.2) is 18.2 Å². The van der Waals surface area contributed by atoms with E-state index in [1.165, 1.54) is 6.07 Å². The summed E-state index contributed by atoms with van der Waals surface area (Å²) in [5.74, 6) is -0.893. The standard InChI is InChI=1S/C11H11ClFNO2/c12-5-10(16)14-11-6-2-1-3-8(13)7(6)4-9(11)15/h1-3,9,11,15H,4-5H2,(H,14,16)/t9-,11-/m0/s1. The maximum Gasteiger partial charge on any atom is 0.235 e. The van der Waals surface area contributed by atoms with Crippen LogP contribution in [-0.2, 0) is 11.2 Å². The van der Waals surface area contributed by atoms with Crippen LogP contribution in [0.5, 0.6) is 0 Å². The Hall–Kier alpha value is -1.13. The van der Waals surface area contributed by atoms with E-state index in [0.717, 1.165) is 0 Å². The predicted molar refractivity (Wildman–Crippen MR) is 57.7 cm³/mol. The normalized spacial score (nSPS) is 22.9. The number of fused-ring (bicyclic) bond motifs is 1. The molecule has 0 unspecified atom stereocenters. The third kappa shape index (κ3) is 1.90. The Morgan fingerprint density at radius 1 is 1.62 bits per heavy atom. The summed E-state index contributed by atoms with van der Waals surface area (Å²) in [5, 5.41) is 12.3. The van der Waals surface area contributed by atoms with Crippen molar-refractivity contribution in [3.8, 4) is 0 Å². The van der Waals surface area contributed by atoms with E-state index >= 15 is 0 Å². The summed E-state index contributed by atoms with van der Waals surface area (Å²) in [6.07, 6.45) is -0.575. The van der Waals surface area contributed by atoms with E-state index in [-0.39, 0.29) is 24.0 Å². The molecule has 1 aromatic carbocycles. The number of carbonyl (C=O) groups excluding carboxylic acids is 1. The lowest BCUT2D eigenvalue weighted by Crippen LogP contribution is -2.34. The van der Waals surface area contributed by atoms with Crippen molar-refractivity contribution in [2.45, 2.75) is 18.6 Å². The van der Waals surface area contributed by atoms with Gasteiger partial charge < -0.3 is 10.4 Å². The first-order valence-corrected chi connectivity index (χ1v) is 5.47. The quantitative estimate of drug-likeness (QED) is 0.766. The molecule has 1 amide bonds. The Balaban J connectivity index is 2.29. The molecule has 0 heterocycles. The number of nitrogens with one attached hydrogen (secondary N) is 1. The Kier molecular flexibility index (Phi) is 3.12. The van der Waals surface area contributed by atoms with Crippen molar-refractivity contribution in [2.75, 3.05) is 5.88 Å². The van der Waals surface area contributed by atoms with Crippen molar-refractivity contribution in [3.63, 3.8) is 0 Å². The van der Waals surface area contributed by atoms with Crippen molar-refractivity contribution in [2.24, 2.45) is 0 Å². The van der Waals surface area contributed by atoms with E-state index in [9.17, 15) is 14.3 Å². The van der Waals surface area contributed by atoms with Crippen molar-refractivity contribution in [1.82, 2.24) is 5.32 Å². The molecule has 2 N–H and O–H groups in total. The maximum atomic E-state index is 13.4. The molecule has 0 fully saturated rings. The molecule has 2 atom stereocenters. The van der Waals surface area contributed by atoms with Gasteiger partial charge in [0.1, 0.15) is 11.7 Å². The molecular weight excluding hydrogens is 233 g/mol. The number of rotatable bonds is 2. The molecule has 0 bridgehead atoms.